The van der Waals surface area contributed by atoms with Crippen LogP contribution in [0.5, 0.6) is 5.88 Å². The second-order valence-electron chi connectivity index (χ2n) is 5.73. The minimum absolute atomic E-state index is 0.0568. The van der Waals surface area contributed by atoms with Crippen molar-refractivity contribution in [2.45, 2.75) is 26.1 Å². The topological polar surface area (TPSA) is 58.5 Å². The zero-order chi connectivity index (χ0) is 19.5. The molecule has 0 amide bonds. The fraction of sp³-hybridized carbons (Fsp3) is 0.368. The largest absolute Gasteiger partial charge is 0.468 e. The van der Waals surface area contributed by atoms with E-state index in [1.807, 2.05) is 37.3 Å². The summed E-state index contributed by atoms with van der Waals surface area (Å²) in [5, 5.41) is 6.33. The number of hydrogen-bond donors (Lipinski definition) is 2. The first-order valence-corrected chi connectivity index (χ1v) is 8.67. The highest BCUT2D eigenvalue weighted by Crippen LogP contribution is 2.20. The van der Waals surface area contributed by atoms with E-state index in [4.69, 9.17) is 4.74 Å². The Hall–Kier alpha value is -2.77. The van der Waals surface area contributed by atoms with Gasteiger partial charge in [-0.15, -0.1) is 0 Å². The van der Waals surface area contributed by atoms with Gasteiger partial charge in [-0.1, -0.05) is 36.4 Å². The Morgan fingerprint density at radius 2 is 1.89 bits per heavy atom. The van der Waals surface area contributed by atoms with Crippen molar-refractivity contribution in [1.29, 1.82) is 0 Å². The molecule has 0 bridgehead atoms. The van der Waals surface area contributed by atoms with E-state index < -0.39 is 12.8 Å². The Labute approximate surface area is 156 Å². The molecule has 1 aromatic heterocycles. The first-order valence-electron chi connectivity index (χ1n) is 8.67. The Bertz CT molecular complexity index is 720. The molecule has 0 aliphatic carbocycles. The van der Waals surface area contributed by atoms with Crippen molar-refractivity contribution in [2.75, 3.05) is 19.7 Å². The first kappa shape index (κ1) is 20.5. The van der Waals surface area contributed by atoms with Gasteiger partial charge in [-0.2, -0.15) is 13.2 Å². The molecule has 0 unspecified atom stereocenters. The van der Waals surface area contributed by atoms with Crippen LogP contribution in [0.2, 0.25) is 0 Å². The molecule has 1 aromatic carbocycles. The fourth-order valence-corrected chi connectivity index (χ4v) is 2.30. The third kappa shape index (κ3) is 7.98. The summed E-state index contributed by atoms with van der Waals surface area (Å²) in [6.45, 7) is 2.07. The maximum absolute atomic E-state index is 12.4. The molecule has 0 spiro atoms. The Kier molecular flexibility index (Phi) is 7.91. The number of guanidine groups is 1. The van der Waals surface area contributed by atoms with Crippen molar-refractivity contribution in [1.82, 2.24) is 15.6 Å². The molecular formula is C19H23F3N4O. The molecule has 27 heavy (non-hydrogen) atoms. The summed E-state index contributed by atoms with van der Waals surface area (Å²) < 4.78 is 41.9. The van der Waals surface area contributed by atoms with Gasteiger partial charge in [-0.05, 0) is 25.0 Å². The smallest absolute Gasteiger partial charge is 0.422 e. The Balaban J connectivity index is 1.95. The number of alkyl halides is 3. The maximum Gasteiger partial charge on any atom is 0.422 e. The van der Waals surface area contributed by atoms with Crippen LogP contribution in [0.4, 0.5) is 13.2 Å². The summed E-state index contributed by atoms with van der Waals surface area (Å²) in [7, 11) is 0. The summed E-state index contributed by atoms with van der Waals surface area (Å²) >= 11 is 0. The van der Waals surface area contributed by atoms with Crippen molar-refractivity contribution >= 4 is 5.96 Å². The molecule has 0 aliphatic rings. The number of nitrogens with one attached hydrogen (secondary N) is 2. The van der Waals surface area contributed by atoms with E-state index in [-0.39, 0.29) is 12.4 Å². The van der Waals surface area contributed by atoms with E-state index in [0.717, 1.165) is 6.42 Å². The summed E-state index contributed by atoms with van der Waals surface area (Å²) in [6, 6.07) is 13.3. The van der Waals surface area contributed by atoms with E-state index in [0.29, 0.717) is 24.6 Å². The molecule has 5 nitrogen and oxygen atoms in total. The summed E-state index contributed by atoms with van der Waals surface area (Å²) in [5.41, 5.74) is 1.69. The zero-order valence-electron chi connectivity index (χ0n) is 15.1. The molecule has 0 atom stereocenters. The lowest BCUT2D eigenvalue weighted by atomic mass is 10.1. The number of benzene rings is 1. The van der Waals surface area contributed by atoms with Crippen molar-refractivity contribution in [3.63, 3.8) is 0 Å². The van der Waals surface area contributed by atoms with Gasteiger partial charge in [-0.25, -0.2) is 9.98 Å². The average molecular weight is 380 g/mol. The SMILES string of the molecule is CCNC(=NCc1cccnc1OCC(F)(F)F)NCCc1ccccc1. The van der Waals surface area contributed by atoms with Crippen LogP contribution < -0.4 is 15.4 Å². The third-order valence-corrected chi connectivity index (χ3v) is 3.52. The second-order valence-corrected chi connectivity index (χ2v) is 5.73. The lowest BCUT2D eigenvalue weighted by molar-refractivity contribution is -0.154. The Morgan fingerprint density at radius 1 is 1.11 bits per heavy atom. The van der Waals surface area contributed by atoms with Crippen molar-refractivity contribution in [2.24, 2.45) is 4.99 Å². The average Bonchev–Trinajstić information content (AvgIpc) is 2.65. The van der Waals surface area contributed by atoms with Gasteiger partial charge in [0.2, 0.25) is 5.88 Å². The Morgan fingerprint density at radius 3 is 2.59 bits per heavy atom. The van der Waals surface area contributed by atoms with E-state index in [9.17, 15) is 13.2 Å². The quantitative estimate of drug-likeness (QED) is 0.545. The summed E-state index contributed by atoms with van der Waals surface area (Å²) in [5.74, 6) is 0.526. The van der Waals surface area contributed by atoms with Crippen LogP contribution in [0.3, 0.4) is 0 Å². The second kappa shape index (κ2) is 10.4. The molecule has 8 heteroatoms. The fourth-order valence-electron chi connectivity index (χ4n) is 2.30. The predicted octanol–water partition coefficient (Wildman–Crippen LogP) is 3.32. The normalized spacial score (nSPS) is 11.9. The van der Waals surface area contributed by atoms with Gasteiger partial charge >= 0.3 is 6.18 Å². The number of halogens is 3. The highest BCUT2D eigenvalue weighted by atomic mass is 19.4. The third-order valence-electron chi connectivity index (χ3n) is 3.52. The number of nitrogens with zero attached hydrogens (tertiary/aromatic N) is 2. The molecule has 2 N–H and O–H groups in total. The predicted molar refractivity (Wildman–Crippen MR) is 98.8 cm³/mol. The highest BCUT2D eigenvalue weighted by molar-refractivity contribution is 5.79. The number of aromatic nitrogens is 1. The lowest BCUT2D eigenvalue weighted by Crippen LogP contribution is -2.38. The van der Waals surface area contributed by atoms with Crippen molar-refractivity contribution in [3.8, 4) is 5.88 Å². The minimum Gasteiger partial charge on any atom is -0.468 e. The van der Waals surface area contributed by atoms with Gasteiger partial charge in [0.05, 0.1) is 6.54 Å². The van der Waals surface area contributed by atoms with Crippen LogP contribution in [0, 0.1) is 0 Å². The van der Waals surface area contributed by atoms with Gasteiger partial charge in [0.1, 0.15) is 0 Å². The number of rotatable bonds is 8. The van der Waals surface area contributed by atoms with Gasteiger partial charge in [0.25, 0.3) is 0 Å². The van der Waals surface area contributed by atoms with Crippen LogP contribution in [0.1, 0.15) is 18.1 Å². The van der Waals surface area contributed by atoms with Crippen LogP contribution in [-0.4, -0.2) is 36.8 Å². The van der Waals surface area contributed by atoms with Gasteiger partial charge in [0.15, 0.2) is 12.6 Å². The highest BCUT2D eigenvalue weighted by Gasteiger charge is 2.29. The van der Waals surface area contributed by atoms with Crippen LogP contribution in [0.15, 0.2) is 53.7 Å². The molecule has 1 heterocycles. The lowest BCUT2D eigenvalue weighted by Gasteiger charge is -2.13. The number of hydrogen-bond acceptors (Lipinski definition) is 3. The van der Waals surface area contributed by atoms with E-state index in [1.165, 1.54) is 11.8 Å². The molecular weight excluding hydrogens is 357 g/mol. The molecule has 0 fully saturated rings. The molecule has 0 radical (unpaired) electrons. The molecule has 146 valence electrons. The summed E-state index contributed by atoms with van der Waals surface area (Å²) in [4.78, 5) is 8.29. The molecule has 0 saturated heterocycles. The molecule has 0 saturated carbocycles. The minimum atomic E-state index is -4.41. The maximum atomic E-state index is 12.4. The molecule has 2 aromatic rings. The standard InChI is InChI=1S/C19H23F3N4O/c1-2-23-18(25-12-10-15-7-4-3-5-8-15)26-13-16-9-6-11-24-17(16)27-14-19(20,21)22/h3-9,11H,2,10,12-14H2,1H3,(H2,23,25,26). The summed E-state index contributed by atoms with van der Waals surface area (Å²) in [6.07, 6.45) is -2.19. The van der Waals surface area contributed by atoms with Crippen LogP contribution in [-0.2, 0) is 13.0 Å². The number of pyridine rings is 1. The first-order chi connectivity index (χ1) is 13.0. The van der Waals surface area contributed by atoms with Gasteiger partial charge < -0.3 is 15.4 Å². The van der Waals surface area contributed by atoms with Crippen LogP contribution >= 0.6 is 0 Å². The monoisotopic (exact) mass is 380 g/mol. The molecule has 2 rings (SSSR count). The van der Waals surface area contributed by atoms with E-state index >= 15 is 0 Å². The van der Waals surface area contributed by atoms with Crippen molar-refractivity contribution < 1.29 is 17.9 Å². The van der Waals surface area contributed by atoms with Gasteiger partial charge in [0, 0.05) is 24.8 Å². The van der Waals surface area contributed by atoms with Gasteiger partial charge in [-0.3, -0.25) is 0 Å². The molecule has 0 aliphatic heterocycles. The number of aliphatic imine (C=N–C) groups is 1. The van der Waals surface area contributed by atoms with Crippen LogP contribution in [0.25, 0.3) is 0 Å². The van der Waals surface area contributed by atoms with E-state index in [1.54, 1.807) is 12.1 Å². The zero-order valence-corrected chi connectivity index (χ0v) is 15.1. The van der Waals surface area contributed by atoms with E-state index in [2.05, 4.69) is 20.6 Å². The number of ether oxygens (including phenoxy) is 1. The van der Waals surface area contributed by atoms with Crippen molar-refractivity contribution in [3.05, 3.63) is 59.8 Å².